The monoisotopic (exact) mass is 436 g/mol. The first-order chi connectivity index (χ1) is 14.7. The van der Waals surface area contributed by atoms with Crippen molar-refractivity contribution in [3.63, 3.8) is 0 Å². The van der Waals surface area contributed by atoms with Crippen LogP contribution < -0.4 is 5.32 Å². The minimum atomic E-state index is -0.114. The number of thiophene rings is 1. The van der Waals surface area contributed by atoms with Gasteiger partial charge in [-0.05, 0) is 54.3 Å². The molecule has 0 spiro atoms. The molecule has 3 aromatic heterocycles. The molecular weight excluding hydrogens is 416 g/mol. The molecule has 3 heterocycles. The van der Waals surface area contributed by atoms with Crippen molar-refractivity contribution >= 4 is 33.7 Å². The van der Waals surface area contributed by atoms with Gasteiger partial charge in [-0.2, -0.15) is 11.3 Å². The van der Waals surface area contributed by atoms with Gasteiger partial charge in [-0.25, -0.2) is 4.98 Å². The van der Waals surface area contributed by atoms with Crippen LogP contribution in [0.25, 0.3) is 22.7 Å². The summed E-state index contributed by atoms with van der Waals surface area (Å²) in [4.78, 5) is 16.9. The zero-order chi connectivity index (χ0) is 20.3. The Morgan fingerprint density at radius 1 is 1.07 bits per heavy atom. The second-order valence-corrected chi connectivity index (χ2v) is 8.93. The first-order valence-corrected chi connectivity index (χ1v) is 11.8. The van der Waals surface area contributed by atoms with E-state index >= 15 is 0 Å². The summed E-state index contributed by atoms with van der Waals surface area (Å²) in [5.74, 6) is 0.832. The van der Waals surface area contributed by atoms with Gasteiger partial charge in [-0.3, -0.25) is 4.79 Å². The second kappa shape index (κ2) is 8.49. The minimum Gasteiger partial charge on any atom is -0.421 e. The van der Waals surface area contributed by atoms with Crippen LogP contribution >= 0.6 is 22.7 Å². The SMILES string of the molecule is O=C(CCc1nnc(-c2ccsc2)o1)Nc1nc(-c2ccc3c(c2)CCCC3)cs1. The van der Waals surface area contributed by atoms with Crippen LogP contribution in [-0.2, 0) is 24.1 Å². The number of aryl methyl sites for hydroxylation is 3. The maximum absolute atomic E-state index is 12.3. The second-order valence-electron chi connectivity index (χ2n) is 7.29. The number of fused-ring (bicyclic) bond motifs is 1. The van der Waals surface area contributed by atoms with Crippen LogP contribution in [0.5, 0.6) is 0 Å². The van der Waals surface area contributed by atoms with Crippen LogP contribution in [0.15, 0.2) is 44.8 Å². The van der Waals surface area contributed by atoms with Gasteiger partial charge < -0.3 is 9.73 Å². The van der Waals surface area contributed by atoms with Crippen molar-refractivity contribution < 1.29 is 9.21 Å². The average molecular weight is 437 g/mol. The van der Waals surface area contributed by atoms with E-state index in [1.54, 1.807) is 11.3 Å². The summed E-state index contributed by atoms with van der Waals surface area (Å²) < 4.78 is 5.63. The zero-order valence-electron chi connectivity index (χ0n) is 16.3. The van der Waals surface area contributed by atoms with Crippen molar-refractivity contribution in [1.82, 2.24) is 15.2 Å². The third-order valence-corrected chi connectivity index (χ3v) is 6.64. The summed E-state index contributed by atoms with van der Waals surface area (Å²) in [6.07, 6.45) is 5.50. The van der Waals surface area contributed by atoms with Gasteiger partial charge in [0.25, 0.3) is 0 Å². The highest BCUT2D eigenvalue weighted by Gasteiger charge is 2.14. The van der Waals surface area contributed by atoms with Crippen LogP contribution in [0.2, 0.25) is 0 Å². The minimum absolute atomic E-state index is 0.114. The van der Waals surface area contributed by atoms with E-state index in [0.29, 0.717) is 23.3 Å². The Labute approximate surface area is 182 Å². The van der Waals surface area contributed by atoms with Crippen LogP contribution in [-0.4, -0.2) is 21.1 Å². The van der Waals surface area contributed by atoms with E-state index in [1.165, 1.54) is 41.7 Å². The van der Waals surface area contributed by atoms with Gasteiger partial charge in [0, 0.05) is 34.7 Å². The topological polar surface area (TPSA) is 80.9 Å². The van der Waals surface area contributed by atoms with Gasteiger partial charge in [0.2, 0.25) is 17.7 Å². The van der Waals surface area contributed by atoms with Gasteiger partial charge >= 0.3 is 0 Å². The fourth-order valence-electron chi connectivity index (χ4n) is 3.62. The summed E-state index contributed by atoms with van der Waals surface area (Å²) in [5, 5.41) is 17.4. The molecule has 0 fully saturated rings. The van der Waals surface area contributed by atoms with Gasteiger partial charge in [-0.15, -0.1) is 21.5 Å². The Balaban J connectivity index is 1.19. The number of nitrogens with zero attached hydrogens (tertiary/aromatic N) is 3. The van der Waals surface area contributed by atoms with Gasteiger partial charge in [0.05, 0.1) is 5.69 Å². The van der Waals surface area contributed by atoms with Crippen LogP contribution in [0, 0.1) is 0 Å². The van der Waals surface area contributed by atoms with Crippen molar-refractivity contribution in [1.29, 1.82) is 0 Å². The Morgan fingerprint density at radius 2 is 1.97 bits per heavy atom. The number of carbonyl (C=O) groups excluding carboxylic acids is 1. The highest BCUT2D eigenvalue weighted by atomic mass is 32.1. The van der Waals surface area contributed by atoms with Gasteiger partial charge in [0.15, 0.2) is 5.13 Å². The first kappa shape index (κ1) is 19.1. The van der Waals surface area contributed by atoms with E-state index in [0.717, 1.165) is 23.2 Å². The number of benzene rings is 1. The standard InChI is InChI=1S/C22H20N4O2S2/c27-19(7-8-20-25-26-21(28-20)17-9-10-29-12-17)24-22-23-18(13-30-22)16-6-5-14-3-1-2-4-15(14)11-16/h5-6,9-13H,1-4,7-8H2,(H,23,24,27). The largest absolute Gasteiger partial charge is 0.421 e. The molecule has 30 heavy (non-hydrogen) atoms. The summed E-state index contributed by atoms with van der Waals surface area (Å²) in [6, 6.07) is 8.52. The number of amides is 1. The molecule has 1 N–H and O–H groups in total. The van der Waals surface area contributed by atoms with E-state index in [2.05, 4.69) is 38.7 Å². The average Bonchev–Trinajstić information content (AvgIpc) is 3.53. The number of rotatable bonds is 6. The third kappa shape index (κ3) is 4.20. The molecule has 4 aromatic rings. The fourth-order valence-corrected chi connectivity index (χ4v) is 4.98. The summed E-state index contributed by atoms with van der Waals surface area (Å²) in [5.41, 5.74) is 5.80. The predicted octanol–water partition coefficient (Wildman–Crippen LogP) is 5.37. The zero-order valence-corrected chi connectivity index (χ0v) is 17.9. The smallest absolute Gasteiger partial charge is 0.248 e. The van der Waals surface area contributed by atoms with Crippen molar-refractivity contribution in [3.8, 4) is 22.7 Å². The first-order valence-electron chi connectivity index (χ1n) is 9.97. The molecule has 0 unspecified atom stereocenters. The van der Waals surface area contributed by atoms with Gasteiger partial charge in [-0.1, -0.05) is 12.1 Å². The molecular formula is C22H20N4O2S2. The maximum atomic E-state index is 12.3. The molecule has 1 aliphatic rings. The lowest BCUT2D eigenvalue weighted by atomic mass is 9.90. The summed E-state index contributed by atoms with van der Waals surface area (Å²) in [6.45, 7) is 0. The van der Waals surface area contributed by atoms with E-state index in [9.17, 15) is 4.79 Å². The number of carbonyl (C=O) groups is 1. The molecule has 0 bridgehead atoms. The quantitative estimate of drug-likeness (QED) is 0.439. The van der Waals surface area contributed by atoms with Crippen molar-refractivity contribution in [2.75, 3.05) is 5.32 Å². The Bertz CT molecular complexity index is 1160. The Kier molecular flexibility index (Phi) is 5.42. The number of hydrogen-bond acceptors (Lipinski definition) is 7. The third-order valence-electron chi connectivity index (χ3n) is 5.20. The van der Waals surface area contributed by atoms with E-state index in [1.807, 2.05) is 22.2 Å². The molecule has 5 rings (SSSR count). The molecule has 1 aromatic carbocycles. The highest BCUT2D eigenvalue weighted by molar-refractivity contribution is 7.14. The molecule has 0 radical (unpaired) electrons. The fraction of sp³-hybridized carbons (Fsp3) is 0.273. The number of aromatic nitrogens is 3. The maximum Gasteiger partial charge on any atom is 0.248 e. The lowest BCUT2D eigenvalue weighted by molar-refractivity contribution is -0.116. The predicted molar refractivity (Wildman–Crippen MR) is 119 cm³/mol. The molecule has 0 aliphatic heterocycles. The molecule has 8 heteroatoms. The molecule has 0 atom stereocenters. The number of thiazole rings is 1. The summed E-state index contributed by atoms with van der Waals surface area (Å²) >= 11 is 3.01. The Hall–Kier alpha value is -2.84. The lowest BCUT2D eigenvalue weighted by Crippen LogP contribution is -2.12. The van der Waals surface area contributed by atoms with Gasteiger partial charge in [0.1, 0.15) is 0 Å². The molecule has 6 nitrogen and oxygen atoms in total. The molecule has 0 saturated heterocycles. The molecule has 1 amide bonds. The van der Waals surface area contributed by atoms with Crippen LogP contribution in [0.1, 0.15) is 36.3 Å². The summed E-state index contributed by atoms with van der Waals surface area (Å²) in [7, 11) is 0. The van der Waals surface area contributed by atoms with Crippen molar-refractivity contribution in [3.05, 3.63) is 57.4 Å². The van der Waals surface area contributed by atoms with E-state index in [4.69, 9.17) is 4.42 Å². The molecule has 0 saturated carbocycles. The lowest BCUT2D eigenvalue weighted by Gasteiger charge is -2.16. The molecule has 1 aliphatic carbocycles. The van der Waals surface area contributed by atoms with Crippen LogP contribution in [0.3, 0.4) is 0 Å². The van der Waals surface area contributed by atoms with E-state index in [-0.39, 0.29) is 12.3 Å². The number of nitrogens with one attached hydrogen (secondary N) is 1. The highest BCUT2D eigenvalue weighted by Crippen LogP contribution is 2.29. The van der Waals surface area contributed by atoms with E-state index < -0.39 is 0 Å². The number of anilines is 1. The van der Waals surface area contributed by atoms with Crippen LogP contribution in [0.4, 0.5) is 5.13 Å². The Morgan fingerprint density at radius 3 is 2.83 bits per heavy atom. The van der Waals surface area contributed by atoms with Crippen molar-refractivity contribution in [2.45, 2.75) is 38.5 Å². The van der Waals surface area contributed by atoms with Crippen molar-refractivity contribution in [2.24, 2.45) is 0 Å². The molecule has 152 valence electrons. The normalized spacial score (nSPS) is 13.2. The number of hydrogen-bond donors (Lipinski definition) is 1.